The Hall–Kier alpha value is -2.88. The van der Waals surface area contributed by atoms with Gasteiger partial charge in [0.15, 0.2) is 0 Å². The average Bonchev–Trinajstić information content (AvgIpc) is 2.62. The lowest BCUT2D eigenvalue weighted by Gasteiger charge is -2.09. The zero-order valence-electron chi connectivity index (χ0n) is 15.5. The number of phenolic OH excluding ortho intramolecular Hbond substituents is 1. The number of aromatic hydroxyl groups is 1. The van der Waals surface area contributed by atoms with Crippen LogP contribution in [0.2, 0.25) is 0 Å². The van der Waals surface area contributed by atoms with Crippen molar-refractivity contribution in [2.75, 3.05) is 6.61 Å². The van der Waals surface area contributed by atoms with Crippen LogP contribution in [0.25, 0.3) is 22.1 Å². The first kappa shape index (κ1) is 17.9. The van der Waals surface area contributed by atoms with Crippen LogP contribution in [0.3, 0.4) is 0 Å². The van der Waals surface area contributed by atoms with E-state index in [0.717, 1.165) is 23.9 Å². The van der Waals surface area contributed by atoms with Crippen LogP contribution in [0.15, 0.2) is 59.7 Å². The quantitative estimate of drug-likeness (QED) is 0.468. The summed E-state index contributed by atoms with van der Waals surface area (Å²) in [4.78, 5) is 9.15. The average molecular weight is 348 g/mol. The number of aromatic nitrogens is 2. The van der Waals surface area contributed by atoms with Gasteiger partial charge in [-0.05, 0) is 64.0 Å². The molecular weight excluding hydrogens is 324 g/mol. The summed E-state index contributed by atoms with van der Waals surface area (Å²) in [7, 11) is 0. The van der Waals surface area contributed by atoms with E-state index in [9.17, 15) is 5.11 Å². The van der Waals surface area contributed by atoms with Gasteiger partial charge < -0.3 is 9.84 Å². The molecule has 3 rings (SSSR count). The third-order valence-electron chi connectivity index (χ3n) is 4.20. The SMILES string of the molecule is CC(C)=CCC/C(C)=C/COc1ccc(O)c2nc3ccccc3nc12. The van der Waals surface area contributed by atoms with Crippen LogP contribution in [-0.4, -0.2) is 21.7 Å². The predicted octanol–water partition coefficient (Wildman–Crippen LogP) is 5.56. The Balaban J connectivity index is 1.81. The van der Waals surface area contributed by atoms with Gasteiger partial charge in [-0.3, -0.25) is 0 Å². The molecule has 134 valence electrons. The van der Waals surface area contributed by atoms with Crippen molar-refractivity contribution in [1.82, 2.24) is 9.97 Å². The highest BCUT2D eigenvalue weighted by Crippen LogP contribution is 2.31. The first-order chi connectivity index (χ1) is 12.5. The minimum absolute atomic E-state index is 0.110. The maximum Gasteiger partial charge on any atom is 0.147 e. The maximum absolute atomic E-state index is 10.1. The summed E-state index contributed by atoms with van der Waals surface area (Å²) < 4.78 is 5.92. The molecule has 0 aliphatic rings. The summed E-state index contributed by atoms with van der Waals surface area (Å²) >= 11 is 0. The number of nitrogens with zero attached hydrogens (tertiary/aromatic N) is 2. The van der Waals surface area contributed by atoms with Crippen molar-refractivity contribution in [3.05, 3.63) is 59.7 Å². The van der Waals surface area contributed by atoms with Crippen LogP contribution in [0, 0.1) is 0 Å². The number of ether oxygens (including phenoxy) is 1. The highest BCUT2D eigenvalue weighted by atomic mass is 16.5. The fourth-order valence-electron chi connectivity index (χ4n) is 2.74. The number of allylic oxidation sites excluding steroid dienone is 3. The molecule has 0 radical (unpaired) electrons. The normalized spacial score (nSPS) is 11.7. The second kappa shape index (κ2) is 8.00. The van der Waals surface area contributed by atoms with Crippen LogP contribution in [0.5, 0.6) is 11.5 Å². The molecule has 1 aromatic heterocycles. The van der Waals surface area contributed by atoms with Crippen molar-refractivity contribution >= 4 is 22.1 Å². The molecule has 0 atom stereocenters. The molecule has 4 heteroatoms. The number of phenols is 1. The summed E-state index contributed by atoms with van der Waals surface area (Å²) in [5.41, 5.74) is 5.22. The Morgan fingerprint density at radius 2 is 1.65 bits per heavy atom. The molecule has 0 aliphatic carbocycles. The lowest BCUT2D eigenvalue weighted by atomic mass is 10.1. The summed E-state index contributed by atoms with van der Waals surface area (Å²) in [6.07, 6.45) is 6.40. The minimum Gasteiger partial charge on any atom is -0.506 e. The molecule has 0 fully saturated rings. The predicted molar refractivity (Wildman–Crippen MR) is 107 cm³/mol. The molecule has 0 amide bonds. The van der Waals surface area contributed by atoms with Crippen molar-refractivity contribution in [3.63, 3.8) is 0 Å². The van der Waals surface area contributed by atoms with Gasteiger partial charge in [-0.15, -0.1) is 0 Å². The van der Waals surface area contributed by atoms with E-state index in [0.29, 0.717) is 23.4 Å². The van der Waals surface area contributed by atoms with Gasteiger partial charge in [0.25, 0.3) is 0 Å². The molecule has 26 heavy (non-hydrogen) atoms. The van der Waals surface area contributed by atoms with Gasteiger partial charge in [0.1, 0.15) is 29.1 Å². The lowest BCUT2D eigenvalue weighted by Crippen LogP contribution is -1.98. The first-order valence-corrected chi connectivity index (χ1v) is 8.85. The molecule has 3 aromatic rings. The maximum atomic E-state index is 10.1. The Labute approximate surface area is 153 Å². The number of rotatable bonds is 6. The van der Waals surface area contributed by atoms with Gasteiger partial charge in [-0.2, -0.15) is 0 Å². The van der Waals surface area contributed by atoms with E-state index in [1.54, 1.807) is 12.1 Å². The summed E-state index contributed by atoms with van der Waals surface area (Å²) in [6, 6.07) is 11.0. The van der Waals surface area contributed by atoms with Crippen molar-refractivity contribution in [2.24, 2.45) is 0 Å². The molecule has 1 heterocycles. The standard InChI is InChI=1S/C22H24N2O2/c1-15(2)7-6-8-16(3)13-14-26-20-12-11-19(25)21-22(20)24-18-10-5-4-9-17(18)23-21/h4-5,7,9-13,25H,6,8,14H2,1-3H3/b16-13+. The van der Waals surface area contributed by atoms with Crippen LogP contribution >= 0.6 is 0 Å². The molecule has 0 aliphatic heterocycles. The fraction of sp³-hybridized carbons (Fsp3) is 0.273. The zero-order chi connectivity index (χ0) is 18.5. The van der Waals surface area contributed by atoms with E-state index in [1.165, 1.54) is 11.1 Å². The smallest absolute Gasteiger partial charge is 0.147 e. The van der Waals surface area contributed by atoms with Crippen LogP contribution < -0.4 is 4.74 Å². The van der Waals surface area contributed by atoms with Crippen molar-refractivity contribution < 1.29 is 9.84 Å². The molecule has 0 saturated carbocycles. The van der Waals surface area contributed by atoms with Crippen molar-refractivity contribution in [3.8, 4) is 11.5 Å². The number of para-hydroxylation sites is 2. The molecular formula is C22H24N2O2. The third-order valence-corrected chi connectivity index (χ3v) is 4.20. The van der Waals surface area contributed by atoms with E-state index in [4.69, 9.17) is 4.74 Å². The highest BCUT2D eigenvalue weighted by molar-refractivity contribution is 5.92. The third kappa shape index (κ3) is 4.20. The largest absolute Gasteiger partial charge is 0.506 e. The fourth-order valence-corrected chi connectivity index (χ4v) is 2.74. The first-order valence-electron chi connectivity index (χ1n) is 8.85. The van der Waals surface area contributed by atoms with E-state index in [1.807, 2.05) is 24.3 Å². The molecule has 2 aromatic carbocycles. The van der Waals surface area contributed by atoms with E-state index >= 15 is 0 Å². The topological polar surface area (TPSA) is 55.2 Å². The number of benzene rings is 2. The number of fused-ring (bicyclic) bond motifs is 2. The monoisotopic (exact) mass is 348 g/mol. The molecule has 0 spiro atoms. The lowest BCUT2D eigenvalue weighted by molar-refractivity contribution is 0.364. The van der Waals surface area contributed by atoms with Gasteiger partial charge in [0, 0.05) is 0 Å². The van der Waals surface area contributed by atoms with E-state index in [2.05, 4.69) is 42.9 Å². The van der Waals surface area contributed by atoms with E-state index < -0.39 is 0 Å². The van der Waals surface area contributed by atoms with Gasteiger partial charge in [-0.1, -0.05) is 29.4 Å². The minimum atomic E-state index is 0.110. The summed E-state index contributed by atoms with van der Waals surface area (Å²) in [5, 5.41) is 10.1. The van der Waals surface area contributed by atoms with Gasteiger partial charge in [0.05, 0.1) is 11.0 Å². The molecule has 0 unspecified atom stereocenters. The Morgan fingerprint density at radius 3 is 2.35 bits per heavy atom. The zero-order valence-corrected chi connectivity index (χ0v) is 15.5. The molecule has 1 N–H and O–H groups in total. The van der Waals surface area contributed by atoms with Crippen LogP contribution in [0.1, 0.15) is 33.6 Å². The van der Waals surface area contributed by atoms with E-state index in [-0.39, 0.29) is 5.75 Å². The van der Waals surface area contributed by atoms with Crippen molar-refractivity contribution in [2.45, 2.75) is 33.6 Å². The Morgan fingerprint density at radius 1 is 0.962 bits per heavy atom. The molecule has 0 saturated heterocycles. The molecule has 0 bridgehead atoms. The van der Waals surface area contributed by atoms with Crippen LogP contribution in [-0.2, 0) is 0 Å². The summed E-state index contributed by atoms with van der Waals surface area (Å²) in [5.74, 6) is 0.739. The highest BCUT2D eigenvalue weighted by Gasteiger charge is 2.11. The summed E-state index contributed by atoms with van der Waals surface area (Å²) in [6.45, 7) is 6.81. The second-order valence-corrected chi connectivity index (χ2v) is 6.67. The van der Waals surface area contributed by atoms with Gasteiger partial charge >= 0.3 is 0 Å². The Bertz CT molecular complexity index is 986. The van der Waals surface area contributed by atoms with Gasteiger partial charge in [-0.25, -0.2) is 9.97 Å². The van der Waals surface area contributed by atoms with Crippen molar-refractivity contribution in [1.29, 1.82) is 0 Å². The van der Waals surface area contributed by atoms with Crippen LogP contribution in [0.4, 0.5) is 0 Å². The number of hydrogen-bond acceptors (Lipinski definition) is 4. The number of hydrogen-bond donors (Lipinski definition) is 1. The second-order valence-electron chi connectivity index (χ2n) is 6.67. The van der Waals surface area contributed by atoms with Gasteiger partial charge in [0.2, 0.25) is 0 Å². The Kier molecular flexibility index (Phi) is 5.52. The molecule has 4 nitrogen and oxygen atoms in total.